The van der Waals surface area contributed by atoms with Gasteiger partial charge in [0.15, 0.2) is 0 Å². The molecule has 2 rings (SSSR count). The number of likely N-dealkylation sites (tertiary alicyclic amines) is 1. The normalized spacial score (nSPS) is 16.8. The smallest absolute Gasteiger partial charge is 0.322 e. The molecule has 0 unspecified atom stereocenters. The lowest BCUT2D eigenvalue weighted by Gasteiger charge is -2.24. The van der Waals surface area contributed by atoms with Crippen LogP contribution in [0.25, 0.3) is 0 Å². The average molecular weight is 347 g/mol. The maximum Gasteiger partial charge on any atom is 0.322 e. The molecule has 1 atom stereocenters. The molecule has 0 bridgehead atoms. The lowest BCUT2D eigenvalue weighted by molar-refractivity contribution is -0.124. The predicted octanol–water partition coefficient (Wildman–Crippen LogP) is 2.84. The van der Waals surface area contributed by atoms with Crippen LogP contribution in [-0.4, -0.2) is 49.2 Å². The van der Waals surface area contributed by atoms with Crippen molar-refractivity contribution in [3.8, 4) is 0 Å². The van der Waals surface area contributed by atoms with E-state index >= 15 is 0 Å². The quantitative estimate of drug-likeness (QED) is 0.745. The summed E-state index contributed by atoms with van der Waals surface area (Å²) in [5, 5.41) is 5.83. The first-order valence-electron chi connectivity index (χ1n) is 9.02. The van der Waals surface area contributed by atoms with E-state index in [9.17, 15) is 9.59 Å². The van der Waals surface area contributed by atoms with Gasteiger partial charge in [0.05, 0.1) is 0 Å². The Morgan fingerprint density at radius 1 is 1.24 bits per heavy atom. The van der Waals surface area contributed by atoms with E-state index in [0.29, 0.717) is 32.7 Å². The number of hydrogen-bond acceptors (Lipinski definition) is 3. The van der Waals surface area contributed by atoms with Crippen LogP contribution < -0.4 is 10.6 Å². The molecule has 1 saturated heterocycles. The molecule has 1 aromatic carbocycles. The minimum absolute atomic E-state index is 0.0791. The Labute approximate surface area is 149 Å². The zero-order valence-electron chi connectivity index (χ0n) is 15.4. The number of urea groups is 1. The SMILES string of the molecule is CCOCCCNC(=O)[C@@H]1CCCN1C(=O)Nc1cc(C)cc(C)c1. The topological polar surface area (TPSA) is 70.7 Å². The molecule has 138 valence electrons. The third-order valence-electron chi connectivity index (χ3n) is 4.26. The second-order valence-corrected chi connectivity index (χ2v) is 6.50. The molecule has 3 amide bonds. The van der Waals surface area contributed by atoms with Gasteiger partial charge in [-0.1, -0.05) is 6.07 Å². The van der Waals surface area contributed by atoms with Gasteiger partial charge in [0, 0.05) is 32.0 Å². The van der Waals surface area contributed by atoms with E-state index in [0.717, 1.165) is 29.7 Å². The fourth-order valence-corrected chi connectivity index (χ4v) is 3.17. The van der Waals surface area contributed by atoms with E-state index < -0.39 is 6.04 Å². The highest BCUT2D eigenvalue weighted by atomic mass is 16.5. The van der Waals surface area contributed by atoms with Crippen LogP contribution in [-0.2, 0) is 9.53 Å². The van der Waals surface area contributed by atoms with Crippen LogP contribution in [0.2, 0.25) is 0 Å². The fourth-order valence-electron chi connectivity index (χ4n) is 3.17. The molecule has 1 heterocycles. The first-order valence-corrected chi connectivity index (χ1v) is 9.02. The molecule has 1 aromatic rings. The van der Waals surface area contributed by atoms with Crippen molar-refractivity contribution < 1.29 is 14.3 Å². The molecule has 0 radical (unpaired) electrons. The van der Waals surface area contributed by atoms with Crippen molar-refractivity contribution in [2.45, 2.75) is 46.1 Å². The number of amides is 3. The van der Waals surface area contributed by atoms with Crippen LogP contribution in [0.4, 0.5) is 10.5 Å². The number of carbonyl (C=O) groups is 2. The molecule has 2 N–H and O–H groups in total. The Morgan fingerprint density at radius 3 is 2.64 bits per heavy atom. The molecule has 0 saturated carbocycles. The number of benzene rings is 1. The lowest BCUT2D eigenvalue weighted by Crippen LogP contribution is -2.47. The van der Waals surface area contributed by atoms with Crippen molar-refractivity contribution in [2.24, 2.45) is 0 Å². The van der Waals surface area contributed by atoms with E-state index in [-0.39, 0.29) is 11.9 Å². The van der Waals surface area contributed by atoms with Crippen LogP contribution >= 0.6 is 0 Å². The Kier molecular flexibility index (Phi) is 7.25. The number of nitrogens with one attached hydrogen (secondary N) is 2. The number of anilines is 1. The van der Waals surface area contributed by atoms with Gasteiger partial charge in [0.2, 0.25) is 5.91 Å². The van der Waals surface area contributed by atoms with Gasteiger partial charge < -0.3 is 20.3 Å². The summed E-state index contributed by atoms with van der Waals surface area (Å²) in [6.45, 7) is 8.44. The maximum absolute atomic E-state index is 12.6. The fraction of sp³-hybridized carbons (Fsp3) is 0.579. The largest absolute Gasteiger partial charge is 0.382 e. The molecule has 0 aromatic heterocycles. The standard InChI is InChI=1S/C19H29N3O3/c1-4-25-10-6-8-20-18(23)17-7-5-9-22(17)19(24)21-16-12-14(2)11-15(3)13-16/h11-13,17H,4-10H2,1-3H3,(H,20,23)(H,21,24)/t17-/m0/s1. The Bertz CT molecular complexity index is 583. The molecule has 1 fully saturated rings. The molecule has 1 aliphatic rings. The average Bonchev–Trinajstić information content (AvgIpc) is 3.03. The van der Waals surface area contributed by atoms with Gasteiger partial charge in [-0.2, -0.15) is 0 Å². The molecule has 1 aliphatic heterocycles. The van der Waals surface area contributed by atoms with Gasteiger partial charge in [-0.15, -0.1) is 0 Å². The van der Waals surface area contributed by atoms with Crippen molar-refractivity contribution in [3.05, 3.63) is 29.3 Å². The molecule has 6 nitrogen and oxygen atoms in total. The Hall–Kier alpha value is -2.08. The molecule has 0 spiro atoms. The molecule has 0 aliphatic carbocycles. The van der Waals surface area contributed by atoms with Crippen LogP contribution in [0.3, 0.4) is 0 Å². The summed E-state index contributed by atoms with van der Waals surface area (Å²) < 4.78 is 5.26. The highest BCUT2D eigenvalue weighted by Crippen LogP contribution is 2.20. The maximum atomic E-state index is 12.6. The van der Waals surface area contributed by atoms with Crippen LogP contribution in [0, 0.1) is 13.8 Å². The van der Waals surface area contributed by atoms with Gasteiger partial charge in [0.25, 0.3) is 0 Å². The predicted molar refractivity (Wildman–Crippen MR) is 98.8 cm³/mol. The summed E-state index contributed by atoms with van der Waals surface area (Å²) >= 11 is 0. The van der Waals surface area contributed by atoms with Gasteiger partial charge in [0.1, 0.15) is 6.04 Å². The van der Waals surface area contributed by atoms with Crippen molar-refractivity contribution in [2.75, 3.05) is 31.6 Å². The summed E-state index contributed by atoms with van der Waals surface area (Å²) in [6.07, 6.45) is 2.33. The van der Waals surface area contributed by atoms with Crippen molar-refractivity contribution >= 4 is 17.6 Å². The second-order valence-electron chi connectivity index (χ2n) is 6.50. The Morgan fingerprint density at radius 2 is 1.96 bits per heavy atom. The number of aryl methyl sites for hydroxylation is 2. The van der Waals surface area contributed by atoms with E-state index in [4.69, 9.17) is 4.74 Å². The summed E-state index contributed by atoms with van der Waals surface area (Å²) in [6, 6.07) is 5.33. The molecule has 6 heteroatoms. The van der Waals surface area contributed by atoms with E-state index in [1.807, 2.05) is 32.9 Å². The van der Waals surface area contributed by atoms with E-state index in [1.54, 1.807) is 4.90 Å². The first kappa shape index (κ1) is 19.2. The lowest BCUT2D eigenvalue weighted by atomic mass is 10.1. The van der Waals surface area contributed by atoms with E-state index in [2.05, 4.69) is 16.7 Å². The zero-order chi connectivity index (χ0) is 18.2. The van der Waals surface area contributed by atoms with Gasteiger partial charge in [-0.25, -0.2) is 4.79 Å². The first-order chi connectivity index (χ1) is 12.0. The molecular weight excluding hydrogens is 318 g/mol. The number of carbonyl (C=O) groups excluding carboxylic acids is 2. The van der Waals surface area contributed by atoms with Gasteiger partial charge in [-0.3, -0.25) is 4.79 Å². The summed E-state index contributed by atoms with van der Waals surface area (Å²) in [7, 11) is 0. The number of ether oxygens (including phenoxy) is 1. The van der Waals surface area contributed by atoms with Crippen molar-refractivity contribution in [3.63, 3.8) is 0 Å². The van der Waals surface area contributed by atoms with E-state index in [1.165, 1.54) is 0 Å². The zero-order valence-corrected chi connectivity index (χ0v) is 15.4. The third kappa shape index (κ3) is 5.74. The second kappa shape index (κ2) is 9.42. The van der Waals surface area contributed by atoms with Crippen LogP contribution in [0.15, 0.2) is 18.2 Å². The molecular formula is C19H29N3O3. The number of nitrogens with zero attached hydrogens (tertiary/aromatic N) is 1. The summed E-state index contributed by atoms with van der Waals surface area (Å²) in [4.78, 5) is 26.6. The third-order valence-corrected chi connectivity index (χ3v) is 4.26. The van der Waals surface area contributed by atoms with Crippen LogP contribution in [0.1, 0.15) is 37.3 Å². The highest BCUT2D eigenvalue weighted by Gasteiger charge is 2.33. The number of hydrogen-bond donors (Lipinski definition) is 2. The van der Waals surface area contributed by atoms with Crippen LogP contribution in [0.5, 0.6) is 0 Å². The van der Waals surface area contributed by atoms with Crippen molar-refractivity contribution in [1.29, 1.82) is 0 Å². The Balaban J connectivity index is 1.88. The number of rotatable bonds is 7. The minimum Gasteiger partial charge on any atom is -0.382 e. The van der Waals surface area contributed by atoms with Gasteiger partial charge >= 0.3 is 6.03 Å². The highest BCUT2D eigenvalue weighted by molar-refractivity contribution is 5.94. The molecule has 25 heavy (non-hydrogen) atoms. The monoisotopic (exact) mass is 347 g/mol. The summed E-state index contributed by atoms with van der Waals surface area (Å²) in [5.41, 5.74) is 2.96. The summed E-state index contributed by atoms with van der Waals surface area (Å²) in [5.74, 6) is -0.0791. The minimum atomic E-state index is -0.391. The van der Waals surface area contributed by atoms with Gasteiger partial charge in [-0.05, 0) is 63.3 Å². The van der Waals surface area contributed by atoms with Crippen molar-refractivity contribution in [1.82, 2.24) is 10.2 Å².